The molecule has 4 rings (SSSR count). The van der Waals surface area contributed by atoms with E-state index in [-0.39, 0.29) is 6.61 Å². The van der Waals surface area contributed by atoms with Crippen molar-refractivity contribution in [3.05, 3.63) is 84.8 Å². The summed E-state index contributed by atoms with van der Waals surface area (Å²) in [6.07, 6.45) is 5.83. The van der Waals surface area contributed by atoms with Crippen molar-refractivity contribution in [2.45, 2.75) is 6.61 Å². The van der Waals surface area contributed by atoms with Crippen molar-refractivity contribution in [2.24, 2.45) is 0 Å². The second-order valence-corrected chi connectivity index (χ2v) is 6.01. The third-order valence-electron chi connectivity index (χ3n) is 4.48. The van der Waals surface area contributed by atoms with Crippen molar-refractivity contribution in [2.75, 3.05) is 7.11 Å². The first-order valence-corrected chi connectivity index (χ1v) is 8.44. The molecule has 0 aliphatic rings. The summed E-state index contributed by atoms with van der Waals surface area (Å²) in [5.74, 6) is 1.48. The number of ether oxygens (including phenoxy) is 1. The predicted molar refractivity (Wildman–Crippen MR) is 101 cm³/mol. The lowest BCUT2D eigenvalue weighted by molar-refractivity contribution is -0.598. The summed E-state index contributed by atoms with van der Waals surface area (Å²) in [5.41, 5.74) is 2.87. The molecule has 0 amide bonds. The molecule has 0 bridgehead atoms. The van der Waals surface area contributed by atoms with Gasteiger partial charge in [-0.1, -0.05) is 36.4 Å². The fourth-order valence-electron chi connectivity index (χ4n) is 3.20. The molecule has 26 heavy (non-hydrogen) atoms. The van der Waals surface area contributed by atoms with Crippen LogP contribution in [-0.4, -0.2) is 17.2 Å². The van der Waals surface area contributed by atoms with Crippen LogP contribution >= 0.6 is 0 Å². The highest BCUT2D eigenvalue weighted by atomic mass is 16.5. The third-order valence-corrected chi connectivity index (χ3v) is 4.48. The molecule has 0 aliphatic carbocycles. The number of hydrogen-bond donors (Lipinski definition) is 1. The minimum absolute atomic E-state index is 0.0799. The van der Waals surface area contributed by atoms with Crippen LogP contribution in [0.2, 0.25) is 0 Å². The van der Waals surface area contributed by atoms with Gasteiger partial charge in [0.25, 0.3) is 0 Å². The number of methoxy groups -OCH3 is 1. The average molecular weight is 343 g/mol. The van der Waals surface area contributed by atoms with Gasteiger partial charge in [0.1, 0.15) is 11.9 Å². The molecule has 0 saturated heterocycles. The Balaban J connectivity index is 2.07. The number of aromatic nitrogens is 2. The van der Waals surface area contributed by atoms with Crippen LogP contribution in [0.25, 0.3) is 27.7 Å². The summed E-state index contributed by atoms with van der Waals surface area (Å²) in [4.78, 5) is 4.73. The maximum Gasteiger partial charge on any atom is 0.335 e. The van der Waals surface area contributed by atoms with Crippen LogP contribution in [0.1, 0.15) is 5.56 Å². The minimum Gasteiger partial charge on any atom is -0.496 e. The Bertz CT molecular complexity index is 962. The predicted octanol–water partition coefficient (Wildman–Crippen LogP) is 3.68. The first-order chi connectivity index (χ1) is 12.8. The smallest absolute Gasteiger partial charge is 0.335 e. The van der Waals surface area contributed by atoms with E-state index < -0.39 is 0 Å². The molecule has 4 heteroatoms. The highest BCUT2D eigenvalue weighted by molar-refractivity contribution is 6.00. The zero-order valence-electron chi connectivity index (χ0n) is 14.5. The van der Waals surface area contributed by atoms with Crippen molar-refractivity contribution >= 4 is 10.8 Å². The molecule has 2 aromatic heterocycles. The van der Waals surface area contributed by atoms with Gasteiger partial charge in [-0.2, -0.15) is 0 Å². The number of rotatable bonds is 4. The third kappa shape index (κ3) is 2.80. The van der Waals surface area contributed by atoms with E-state index in [9.17, 15) is 5.11 Å². The summed E-state index contributed by atoms with van der Waals surface area (Å²) < 4.78 is 7.47. The lowest BCUT2D eigenvalue weighted by Gasteiger charge is -2.11. The SMILES string of the molecule is COc1cc2c(-[n+]3ccccc3)ncc(-c3ccccc3)c2cc1CO. The van der Waals surface area contributed by atoms with E-state index in [2.05, 4.69) is 12.1 Å². The lowest BCUT2D eigenvalue weighted by atomic mass is 9.98. The Morgan fingerprint density at radius 2 is 1.69 bits per heavy atom. The Kier molecular flexibility index (Phi) is 4.33. The van der Waals surface area contributed by atoms with Gasteiger partial charge in [0.2, 0.25) is 0 Å². The van der Waals surface area contributed by atoms with Gasteiger partial charge in [0.15, 0.2) is 0 Å². The summed E-state index contributed by atoms with van der Waals surface area (Å²) in [6, 6.07) is 20.0. The van der Waals surface area contributed by atoms with Crippen LogP contribution in [0.5, 0.6) is 5.75 Å². The topological polar surface area (TPSA) is 46.2 Å². The van der Waals surface area contributed by atoms with Crippen molar-refractivity contribution in [3.8, 4) is 22.7 Å². The number of benzene rings is 2. The quantitative estimate of drug-likeness (QED) is 0.575. The molecule has 0 radical (unpaired) electrons. The molecule has 128 valence electrons. The number of aliphatic hydroxyl groups excluding tert-OH is 1. The number of fused-ring (bicyclic) bond motifs is 1. The Morgan fingerprint density at radius 3 is 2.38 bits per heavy atom. The minimum atomic E-state index is -0.0799. The van der Waals surface area contributed by atoms with Gasteiger partial charge in [-0.3, -0.25) is 0 Å². The van der Waals surface area contributed by atoms with Crippen molar-refractivity contribution < 1.29 is 14.4 Å². The largest absolute Gasteiger partial charge is 0.496 e. The summed E-state index contributed by atoms with van der Waals surface area (Å²) in [5, 5.41) is 11.8. The fraction of sp³-hybridized carbons (Fsp3) is 0.0909. The zero-order chi connectivity index (χ0) is 17.9. The molecule has 0 spiro atoms. The maximum absolute atomic E-state index is 9.76. The van der Waals surface area contributed by atoms with Crippen molar-refractivity contribution in [3.63, 3.8) is 0 Å². The molecule has 0 atom stereocenters. The van der Waals surface area contributed by atoms with E-state index in [0.29, 0.717) is 5.75 Å². The Hall–Kier alpha value is -3.24. The molecule has 4 aromatic rings. The zero-order valence-corrected chi connectivity index (χ0v) is 14.5. The van der Waals surface area contributed by atoms with E-state index in [1.165, 1.54) is 0 Å². The lowest BCUT2D eigenvalue weighted by Crippen LogP contribution is -2.30. The van der Waals surface area contributed by atoms with Gasteiger partial charge >= 0.3 is 5.82 Å². The highest BCUT2D eigenvalue weighted by Gasteiger charge is 2.19. The average Bonchev–Trinajstić information content (AvgIpc) is 2.73. The first-order valence-electron chi connectivity index (χ1n) is 8.44. The van der Waals surface area contributed by atoms with Crippen LogP contribution in [-0.2, 0) is 6.61 Å². The number of nitrogens with zero attached hydrogens (tertiary/aromatic N) is 2. The molecule has 1 N–H and O–H groups in total. The van der Waals surface area contributed by atoms with Crippen LogP contribution in [0.4, 0.5) is 0 Å². The molecule has 0 aliphatic heterocycles. The second-order valence-electron chi connectivity index (χ2n) is 6.01. The van der Waals surface area contributed by atoms with E-state index in [1.807, 2.05) is 71.7 Å². The standard InChI is InChI=1S/C22H19N2O2/c1-26-21-13-19-18(12-17(21)15-25)20(16-8-4-2-5-9-16)14-23-22(19)24-10-6-3-7-11-24/h2-14,25H,15H2,1H3/q+1. The monoisotopic (exact) mass is 343 g/mol. The van der Waals surface area contributed by atoms with E-state index in [1.54, 1.807) is 7.11 Å². The summed E-state index contributed by atoms with van der Waals surface area (Å²) in [7, 11) is 1.62. The van der Waals surface area contributed by atoms with Gasteiger partial charge in [0.05, 0.1) is 31.5 Å². The number of pyridine rings is 2. The van der Waals surface area contributed by atoms with Crippen molar-refractivity contribution in [1.29, 1.82) is 0 Å². The molecule has 0 saturated carbocycles. The van der Waals surface area contributed by atoms with Gasteiger partial charge < -0.3 is 9.84 Å². The number of hydrogen-bond acceptors (Lipinski definition) is 3. The molecule has 2 heterocycles. The summed E-state index contributed by atoms with van der Waals surface area (Å²) >= 11 is 0. The van der Waals surface area contributed by atoms with Gasteiger partial charge in [0, 0.05) is 16.5 Å². The van der Waals surface area contributed by atoms with Crippen LogP contribution in [0.3, 0.4) is 0 Å². The van der Waals surface area contributed by atoms with Crippen LogP contribution in [0, 0.1) is 0 Å². The molecule has 2 aromatic carbocycles. The van der Waals surface area contributed by atoms with Crippen molar-refractivity contribution in [1.82, 2.24) is 4.98 Å². The molecular weight excluding hydrogens is 324 g/mol. The van der Waals surface area contributed by atoms with E-state index >= 15 is 0 Å². The second kappa shape index (κ2) is 6.94. The Labute approximate surface area is 152 Å². The van der Waals surface area contributed by atoms with Gasteiger partial charge in [-0.25, -0.2) is 4.57 Å². The Morgan fingerprint density at radius 1 is 0.962 bits per heavy atom. The maximum atomic E-state index is 9.76. The van der Waals surface area contributed by atoms with E-state index in [0.717, 1.165) is 33.3 Å². The molecule has 0 fully saturated rings. The first kappa shape index (κ1) is 16.2. The van der Waals surface area contributed by atoms with Gasteiger partial charge in [-0.15, -0.1) is 0 Å². The normalized spacial score (nSPS) is 10.8. The molecular formula is C22H19N2O2+. The molecule has 0 unspecified atom stereocenters. The number of aliphatic hydroxyl groups is 1. The van der Waals surface area contributed by atoms with Crippen LogP contribution < -0.4 is 9.30 Å². The van der Waals surface area contributed by atoms with E-state index in [4.69, 9.17) is 9.72 Å². The highest BCUT2D eigenvalue weighted by Crippen LogP contribution is 2.34. The molecule has 4 nitrogen and oxygen atoms in total. The fourth-order valence-corrected chi connectivity index (χ4v) is 3.20. The van der Waals surface area contributed by atoms with Gasteiger partial charge in [-0.05, 0) is 34.8 Å². The summed E-state index contributed by atoms with van der Waals surface area (Å²) in [6.45, 7) is -0.0799. The van der Waals surface area contributed by atoms with Crippen LogP contribution in [0.15, 0.2) is 79.3 Å².